The minimum Gasteiger partial charge on any atom is -0.468 e. The average molecular weight is 249 g/mol. The van der Waals surface area contributed by atoms with Crippen LogP contribution in [0.25, 0.3) is 0 Å². The number of rotatable bonds is 8. The highest BCUT2D eigenvalue weighted by Gasteiger charge is 2.21. The van der Waals surface area contributed by atoms with Crippen LogP contribution in [0.5, 0.6) is 5.75 Å². The summed E-state index contributed by atoms with van der Waals surface area (Å²) in [6.45, 7) is 3.39. The van der Waals surface area contributed by atoms with Crippen LogP contribution >= 0.6 is 0 Å². The van der Waals surface area contributed by atoms with Gasteiger partial charge < -0.3 is 14.8 Å². The van der Waals surface area contributed by atoms with Crippen molar-refractivity contribution in [1.29, 1.82) is 0 Å². The maximum Gasteiger partial charge on any atom is 0.189 e. The SMILES string of the molecule is CNC(C)Cc1ccc(OCOCC2CC2)cc1. The molecule has 3 nitrogen and oxygen atoms in total. The number of ether oxygens (including phenoxy) is 2. The van der Waals surface area contributed by atoms with Gasteiger partial charge in [-0.1, -0.05) is 12.1 Å². The first-order chi connectivity index (χ1) is 8.78. The molecule has 0 spiro atoms. The molecule has 1 unspecified atom stereocenters. The van der Waals surface area contributed by atoms with Gasteiger partial charge >= 0.3 is 0 Å². The Morgan fingerprint density at radius 1 is 1.28 bits per heavy atom. The molecule has 1 aliphatic carbocycles. The molecule has 0 saturated heterocycles. The first kappa shape index (κ1) is 13.4. The van der Waals surface area contributed by atoms with Crippen molar-refractivity contribution in [2.45, 2.75) is 32.2 Å². The summed E-state index contributed by atoms with van der Waals surface area (Å²) in [6.07, 6.45) is 3.67. The maximum atomic E-state index is 5.53. The van der Waals surface area contributed by atoms with Crippen molar-refractivity contribution in [3.8, 4) is 5.75 Å². The molecule has 1 N–H and O–H groups in total. The third kappa shape index (κ3) is 4.67. The Morgan fingerprint density at radius 3 is 2.61 bits per heavy atom. The Labute approximate surface area is 109 Å². The maximum absolute atomic E-state index is 5.53. The molecule has 1 aromatic rings. The molecule has 1 atom stereocenters. The second-order valence-electron chi connectivity index (χ2n) is 5.11. The molecule has 0 amide bonds. The Morgan fingerprint density at radius 2 is 2.00 bits per heavy atom. The first-order valence-corrected chi connectivity index (χ1v) is 6.74. The fraction of sp³-hybridized carbons (Fsp3) is 0.600. The molecule has 0 radical (unpaired) electrons. The number of hydrogen-bond acceptors (Lipinski definition) is 3. The summed E-state index contributed by atoms with van der Waals surface area (Å²) in [7, 11) is 1.99. The van der Waals surface area contributed by atoms with E-state index in [0.29, 0.717) is 12.8 Å². The van der Waals surface area contributed by atoms with E-state index in [1.807, 2.05) is 19.2 Å². The van der Waals surface area contributed by atoms with Gasteiger partial charge in [0.15, 0.2) is 6.79 Å². The molecule has 0 aromatic heterocycles. The zero-order valence-corrected chi connectivity index (χ0v) is 11.3. The molecular weight excluding hydrogens is 226 g/mol. The standard InChI is InChI=1S/C15H23NO2/c1-12(16-2)9-13-5-7-15(8-6-13)18-11-17-10-14-3-4-14/h5-8,12,14,16H,3-4,9-11H2,1-2H3. The zero-order chi connectivity index (χ0) is 12.8. The minimum atomic E-state index is 0.364. The third-order valence-electron chi connectivity index (χ3n) is 3.32. The number of benzene rings is 1. The van der Waals surface area contributed by atoms with Crippen molar-refractivity contribution >= 4 is 0 Å². The van der Waals surface area contributed by atoms with E-state index in [4.69, 9.17) is 9.47 Å². The van der Waals surface area contributed by atoms with Gasteiger partial charge in [-0.25, -0.2) is 0 Å². The van der Waals surface area contributed by atoms with Crippen LogP contribution in [0.15, 0.2) is 24.3 Å². The highest BCUT2D eigenvalue weighted by Crippen LogP contribution is 2.28. The minimum absolute atomic E-state index is 0.364. The summed E-state index contributed by atoms with van der Waals surface area (Å²) in [4.78, 5) is 0. The molecule has 1 aromatic carbocycles. The first-order valence-electron chi connectivity index (χ1n) is 6.74. The molecule has 2 rings (SSSR count). The van der Waals surface area contributed by atoms with E-state index in [0.717, 1.165) is 24.7 Å². The highest BCUT2D eigenvalue weighted by molar-refractivity contribution is 5.27. The molecule has 18 heavy (non-hydrogen) atoms. The van der Waals surface area contributed by atoms with Crippen LogP contribution in [0.3, 0.4) is 0 Å². The van der Waals surface area contributed by atoms with Crippen LogP contribution in [-0.2, 0) is 11.2 Å². The molecule has 0 bridgehead atoms. The smallest absolute Gasteiger partial charge is 0.189 e. The lowest BCUT2D eigenvalue weighted by Crippen LogP contribution is -2.23. The average Bonchev–Trinajstić information content (AvgIpc) is 3.20. The van der Waals surface area contributed by atoms with E-state index in [1.165, 1.54) is 18.4 Å². The lowest BCUT2D eigenvalue weighted by Gasteiger charge is -2.11. The van der Waals surface area contributed by atoms with E-state index < -0.39 is 0 Å². The summed E-state index contributed by atoms with van der Waals surface area (Å²) >= 11 is 0. The van der Waals surface area contributed by atoms with Gasteiger partial charge in [-0.15, -0.1) is 0 Å². The van der Waals surface area contributed by atoms with Crippen molar-refractivity contribution in [3.05, 3.63) is 29.8 Å². The van der Waals surface area contributed by atoms with Crippen molar-refractivity contribution in [1.82, 2.24) is 5.32 Å². The van der Waals surface area contributed by atoms with Gasteiger partial charge in [0.05, 0.1) is 6.61 Å². The normalized spacial score (nSPS) is 16.6. The molecule has 100 valence electrons. The lowest BCUT2D eigenvalue weighted by molar-refractivity contribution is 0.00997. The molecule has 1 aliphatic rings. The number of hydrogen-bond donors (Lipinski definition) is 1. The van der Waals surface area contributed by atoms with E-state index in [9.17, 15) is 0 Å². The topological polar surface area (TPSA) is 30.5 Å². The van der Waals surface area contributed by atoms with Crippen molar-refractivity contribution in [3.63, 3.8) is 0 Å². The quantitative estimate of drug-likeness (QED) is 0.567. The second-order valence-corrected chi connectivity index (χ2v) is 5.11. The van der Waals surface area contributed by atoms with Gasteiger partial charge in [-0.05, 0) is 56.8 Å². The van der Waals surface area contributed by atoms with Crippen LogP contribution < -0.4 is 10.1 Å². The van der Waals surface area contributed by atoms with Crippen molar-refractivity contribution < 1.29 is 9.47 Å². The van der Waals surface area contributed by atoms with E-state index in [2.05, 4.69) is 24.4 Å². The molecule has 0 aliphatic heterocycles. The Bertz CT molecular complexity index is 346. The number of likely N-dealkylation sites (N-methyl/N-ethyl adjacent to an activating group) is 1. The van der Waals surface area contributed by atoms with E-state index in [1.54, 1.807) is 0 Å². The summed E-state index contributed by atoms with van der Waals surface area (Å²) < 4.78 is 11.0. The monoisotopic (exact) mass is 249 g/mol. The van der Waals surface area contributed by atoms with Crippen LogP contribution in [-0.4, -0.2) is 26.5 Å². The largest absolute Gasteiger partial charge is 0.468 e. The molecule has 1 saturated carbocycles. The summed E-state index contributed by atoms with van der Waals surface area (Å²) in [5.41, 5.74) is 1.32. The lowest BCUT2D eigenvalue weighted by atomic mass is 10.1. The Kier molecular flexibility index (Phi) is 5.02. The van der Waals surface area contributed by atoms with Gasteiger partial charge in [0.2, 0.25) is 0 Å². The summed E-state index contributed by atoms with van der Waals surface area (Å²) in [5, 5.41) is 3.24. The van der Waals surface area contributed by atoms with E-state index >= 15 is 0 Å². The second kappa shape index (κ2) is 6.76. The summed E-state index contributed by atoms with van der Waals surface area (Å²) in [5.74, 6) is 1.67. The van der Waals surface area contributed by atoms with Crippen molar-refractivity contribution in [2.24, 2.45) is 5.92 Å². The van der Waals surface area contributed by atoms with Gasteiger partial charge in [0, 0.05) is 6.04 Å². The molecule has 3 heteroatoms. The van der Waals surface area contributed by atoms with Crippen LogP contribution in [0.2, 0.25) is 0 Å². The van der Waals surface area contributed by atoms with Gasteiger partial charge in [-0.3, -0.25) is 0 Å². The van der Waals surface area contributed by atoms with Crippen LogP contribution in [0, 0.1) is 5.92 Å². The van der Waals surface area contributed by atoms with Gasteiger partial charge in [0.1, 0.15) is 5.75 Å². The predicted molar refractivity (Wildman–Crippen MR) is 72.8 cm³/mol. The zero-order valence-electron chi connectivity index (χ0n) is 11.3. The predicted octanol–water partition coefficient (Wildman–Crippen LogP) is 2.60. The van der Waals surface area contributed by atoms with Crippen LogP contribution in [0.1, 0.15) is 25.3 Å². The van der Waals surface area contributed by atoms with E-state index in [-0.39, 0.29) is 0 Å². The van der Waals surface area contributed by atoms with Gasteiger partial charge in [0.25, 0.3) is 0 Å². The van der Waals surface area contributed by atoms with Crippen molar-refractivity contribution in [2.75, 3.05) is 20.4 Å². The number of nitrogens with one attached hydrogen (secondary N) is 1. The molecule has 1 fully saturated rings. The fourth-order valence-electron chi connectivity index (χ4n) is 1.79. The highest BCUT2D eigenvalue weighted by atomic mass is 16.7. The Balaban J connectivity index is 1.68. The van der Waals surface area contributed by atoms with Crippen LogP contribution in [0.4, 0.5) is 0 Å². The fourth-order valence-corrected chi connectivity index (χ4v) is 1.79. The van der Waals surface area contributed by atoms with Gasteiger partial charge in [-0.2, -0.15) is 0 Å². The Hall–Kier alpha value is -1.06. The molecular formula is C15H23NO2. The molecule has 0 heterocycles. The third-order valence-corrected chi connectivity index (χ3v) is 3.32. The summed E-state index contributed by atoms with van der Waals surface area (Å²) in [6, 6.07) is 8.75.